The van der Waals surface area contributed by atoms with Crippen molar-refractivity contribution in [3.63, 3.8) is 0 Å². The summed E-state index contributed by atoms with van der Waals surface area (Å²) in [4.78, 5) is 0. The van der Waals surface area contributed by atoms with Crippen molar-refractivity contribution in [1.29, 1.82) is 0 Å². The average Bonchev–Trinajstić information content (AvgIpc) is 2.45. The maximum Gasteiger partial charge on any atom is 0.130 e. The molecule has 0 saturated carbocycles. The lowest BCUT2D eigenvalue weighted by Gasteiger charge is -2.15. The molecule has 2 aromatic carbocycles. The number of rotatable bonds is 5. The third kappa shape index (κ3) is 4.56. The molecule has 2 rings (SSSR count). The van der Waals surface area contributed by atoms with Gasteiger partial charge in [0, 0.05) is 15.0 Å². The Kier molecular flexibility index (Phi) is 5.85. The Morgan fingerprint density at radius 1 is 1.14 bits per heavy atom. The van der Waals surface area contributed by atoms with Crippen LogP contribution < -0.4 is 10.5 Å². The van der Waals surface area contributed by atoms with Gasteiger partial charge < -0.3 is 10.5 Å². The molecule has 0 heterocycles. The number of benzene rings is 2. The standard InChI is InChI=1S/C17H19Br2NO/c1-3-14(20)10-12-9-13(18)4-7-17(12)21-15-5-6-16(19)11(2)8-15/h4-9,14H,3,10,20H2,1-2H3. The van der Waals surface area contributed by atoms with Gasteiger partial charge in [-0.2, -0.15) is 0 Å². The highest BCUT2D eigenvalue weighted by Gasteiger charge is 2.10. The number of hydrogen-bond donors (Lipinski definition) is 1. The zero-order valence-corrected chi connectivity index (χ0v) is 15.4. The van der Waals surface area contributed by atoms with Gasteiger partial charge in [0.05, 0.1) is 0 Å². The topological polar surface area (TPSA) is 35.2 Å². The first-order valence-electron chi connectivity index (χ1n) is 6.97. The fourth-order valence-electron chi connectivity index (χ4n) is 2.04. The molecule has 2 N–H and O–H groups in total. The van der Waals surface area contributed by atoms with Gasteiger partial charge in [-0.15, -0.1) is 0 Å². The van der Waals surface area contributed by atoms with Gasteiger partial charge in [-0.25, -0.2) is 0 Å². The zero-order valence-electron chi connectivity index (χ0n) is 12.2. The Labute approximate surface area is 143 Å². The fraction of sp³-hybridized carbons (Fsp3) is 0.294. The van der Waals surface area contributed by atoms with Crippen LogP contribution in [0, 0.1) is 6.92 Å². The zero-order chi connectivity index (χ0) is 15.4. The number of hydrogen-bond acceptors (Lipinski definition) is 2. The van der Waals surface area contributed by atoms with Gasteiger partial charge in [0.15, 0.2) is 0 Å². The maximum absolute atomic E-state index is 6.08. The molecule has 0 aromatic heterocycles. The van der Waals surface area contributed by atoms with E-state index < -0.39 is 0 Å². The van der Waals surface area contributed by atoms with Crippen molar-refractivity contribution in [3.8, 4) is 11.5 Å². The Balaban J connectivity index is 2.28. The number of halogens is 2. The smallest absolute Gasteiger partial charge is 0.130 e. The summed E-state index contributed by atoms with van der Waals surface area (Å²) in [7, 11) is 0. The molecule has 0 bridgehead atoms. The van der Waals surface area contributed by atoms with Crippen molar-refractivity contribution < 1.29 is 4.74 Å². The van der Waals surface area contributed by atoms with Crippen molar-refractivity contribution >= 4 is 31.9 Å². The van der Waals surface area contributed by atoms with E-state index in [1.54, 1.807) is 0 Å². The van der Waals surface area contributed by atoms with Crippen LogP contribution in [-0.2, 0) is 6.42 Å². The minimum atomic E-state index is 0.147. The quantitative estimate of drug-likeness (QED) is 0.694. The van der Waals surface area contributed by atoms with E-state index in [9.17, 15) is 0 Å². The summed E-state index contributed by atoms with van der Waals surface area (Å²) >= 11 is 7.01. The molecule has 0 radical (unpaired) electrons. The molecule has 1 atom stereocenters. The first kappa shape index (κ1) is 16.5. The predicted octanol–water partition coefficient (Wildman–Crippen LogP) is 5.59. The largest absolute Gasteiger partial charge is 0.457 e. The normalized spacial score (nSPS) is 12.2. The second-order valence-electron chi connectivity index (χ2n) is 5.14. The summed E-state index contributed by atoms with van der Waals surface area (Å²) in [6, 6.07) is 12.2. The van der Waals surface area contributed by atoms with Crippen LogP contribution in [0.3, 0.4) is 0 Å². The first-order chi connectivity index (χ1) is 9.99. The van der Waals surface area contributed by atoms with Gasteiger partial charge in [0.1, 0.15) is 11.5 Å². The van der Waals surface area contributed by atoms with Crippen LogP contribution in [-0.4, -0.2) is 6.04 Å². The third-order valence-electron chi connectivity index (χ3n) is 3.39. The summed E-state index contributed by atoms with van der Waals surface area (Å²) < 4.78 is 8.17. The molecule has 0 amide bonds. The van der Waals surface area contributed by atoms with E-state index in [-0.39, 0.29) is 6.04 Å². The maximum atomic E-state index is 6.08. The van der Waals surface area contributed by atoms with Crippen LogP contribution in [0.4, 0.5) is 0 Å². The number of aryl methyl sites for hydroxylation is 1. The predicted molar refractivity (Wildman–Crippen MR) is 95.1 cm³/mol. The van der Waals surface area contributed by atoms with E-state index >= 15 is 0 Å². The second kappa shape index (κ2) is 7.43. The molecule has 0 saturated heterocycles. The van der Waals surface area contributed by atoms with E-state index in [1.165, 1.54) is 0 Å². The van der Waals surface area contributed by atoms with Gasteiger partial charge in [0.2, 0.25) is 0 Å². The molecule has 0 spiro atoms. The van der Waals surface area contributed by atoms with Crippen LogP contribution in [0.1, 0.15) is 24.5 Å². The average molecular weight is 413 g/mol. The molecule has 112 valence electrons. The molecule has 21 heavy (non-hydrogen) atoms. The van der Waals surface area contributed by atoms with Crippen LogP contribution in [0.2, 0.25) is 0 Å². The molecule has 1 unspecified atom stereocenters. The Bertz CT molecular complexity index is 628. The number of ether oxygens (including phenoxy) is 1. The fourth-order valence-corrected chi connectivity index (χ4v) is 2.70. The summed E-state index contributed by atoms with van der Waals surface area (Å²) in [5.74, 6) is 1.70. The lowest BCUT2D eigenvalue weighted by molar-refractivity contribution is 0.471. The van der Waals surface area contributed by atoms with Crippen molar-refractivity contribution in [3.05, 3.63) is 56.5 Å². The molecule has 4 heteroatoms. The minimum absolute atomic E-state index is 0.147. The Morgan fingerprint density at radius 3 is 2.57 bits per heavy atom. The molecule has 0 aliphatic carbocycles. The Hall–Kier alpha value is -0.840. The number of nitrogens with two attached hydrogens (primary N) is 1. The SMILES string of the molecule is CCC(N)Cc1cc(Br)ccc1Oc1ccc(Br)c(C)c1. The van der Waals surface area contributed by atoms with Crippen LogP contribution >= 0.6 is 31.9 Å². The van der Waals surface area contributed by atoms with Gasteiger partial charge in [-0.1, -0.05) is 38.8 Å². The summed E-state index contributed by atoms with van der Waals surface area (Å²) in [5.41, 5.74) is 8.36. The second-order valence-corrected chi connectivity index (χ2v) is 6.91. The van der Waals surface area contributed by atoms with Crippen molar-refractivity contribution in [2.45, 2.75) is 32.7 Å². The summed E-state index contributed by atoms with van der Waals surface area (Å²) in [6.45, 7) is 4.15. The van der Waals surface area contributed by atoms with Gasteiger partial charge in [-0.3, -0.25) is 0 Å². The van der Waals surface area contributed by atoms with Crippen LogP contribution in [0.15, 0.2) is 45.3 Å². The molecule has 0 aliphatic rings. The molecule has 0 fully saturated rings. The Morgan fingerprint density at radius 2 is 1.90 bits per heavy atom. The molecule has 2 aromatic rings. The minimum Gasteiger partial charge on any atom is -0.457 e. The van der Waals surface area contributed by atoms with Crippen LogP contribution in [0.5, 0.6) is 11.5 Å². The third-order valence-corrected chi connectivity index (χ3v) is 4.77. The van der Waals surface area contributed by atoms with E-state index in [1.807, 2.05) is 37.3 Å². The van der Waals surface area contributed by atoms with Crippen molar-refractivity contribution in [2.24, 2.45) is 5.73 Å². The lowest BCUT2D eigenvalue weighted by Crippen LogP contribution is -2.21. The first-order valence-corrected chi connectivity index (χ1v) is 8.56. The molecule has 2 nitrogen and oxygen atoms in total. The van der Waals surface area contributed by atoms with Gasteiger partial charge in [0.25, 0.3) is 0 Å². The highest BCUT2D eigenvalue weighted by Crippen LogP contribution is 2.31. The van der Waals surface area contributed by atoms with Crippen LogP contribution in [0.25, 0.3) is 0 Å². The monoisotopic (exact) mass is 411 g/mol. The summed E-state index contributed by atoms with van der Waals surface area (Å²) in [5, 5.41) is 0. The van der Waals surface area contributed by atoms with E-state index in [2.05, 4.69) is 44.8 Å². The van der Waals surface area contributed by atoms with Gasteiger partial charge in [-0.05, 0) is 67.3 Å². The molecular weight excluding hydrogens is 394 g/mol. The lowest BCUT2D eigenvalue weighted by atomic mass is 10.0. The highest BCUT2D eigenvalue weighted by atomic mass is 79.9. The van der Waals surface area contributed by atoms with Crippen molar-refractivity contribution in [2.75, 3.05) is 0 Å². The van der Waals surface area contributed by atoms with Crippen molar-refractivity contribution in [1.82, 2.24) is 0 Å². The van der Waals surface area contributed by atoms with E-state index in [4.69, 9.17) is 10.5 Å². The molecular formula is C17H19Br2NO. The van der Waals surface area contributed by atoms with Gasteiger partial charge >= 0.3 is 0 Å². The highest BCUT2D eigenvalue weighted by molar-refractivity contribution is 9.10. The van der Waals surface area contributed by atoms with E-state index in [0.717, 1.165) is 44.4 Å². The molecule has 0 aliphatic heterocycles. The summed E-state index contributed by atoms with van der Waals surface area (Å²) in [6.07, 6.45) is 1.75. The van der Waals surface area contributed by atoms with E-state index in [0.29, 0.717) is 0 Å².